The lowest BCUT2D eigenvalue weighted by Crippen LogP contribution is -2.44. The largest absolute Gasteiger partial charge is 0.573 e. The highest BCUT2D eigenvalue weighted by molar-refractivity contribution is 6.32. The van der Waals surface area contributed by atoms with Gasteiger partial charge in [0.05, 0.1) is 11.9 Å². The fourth-order valence-corrected chi connectivity index (χ4v) is 4.04. The molecule has 2 aliphatic heterocycles. The first kappa shape index (κ1) is 19.9. The minimum Gasteiger partial charge on any atom is -0.404 e. The molecule has 2 saturated heterocycles. The maximum absolute atomic E-state index is 14.6. The third-order valence-electron chi connectivity index (χ3n) is 5.20. The standard InChI is InChI=1S/C18H14ClF4N7O/c19-13-12(31-18(21,22)23)2-1-10(14(13)20)28-16-15-11(26-7-27-16)5-25-17(29-15)30-6-8-3-9(30)4-24-8/h1-2,5,7-9,24H,3-4,6H2,(H,26,27,28)/t8-,9-/m0/s1. The van der Waals surface area contributed by atoms with Crippen LogP contribution < -0.4 is 20.3 Å². The molecule has 5 rings (SSSR count). The van der Waals surface area contributed by atoms with Gasteiger partial charge in [0.1, 0.15) is 22.4 Å². The summed E-state index contributed by atoms with van der Waals surface area (Å²) in [6, 6.07) is 2.67. The molecule has 31 heavy (non-hydrogen) atoms. The van der Waals surface area contributed by atoms with Gasteiger partial charge in [-0.3, -0.25) is 0 Å². The molecule has 0 unspecified atom stereocenters. The molecule has 0 aliphatic carbocycles. The molecule has 2 N–H and O–H groups in total. The number of anilines is 3. The summed E-state index contributed by atoms with van der Waals surface area (Å²) >= 11 is 5.73. The van der Waals surface area contributed by atoms with E-state index in [2.05, 4.69) is 40.2 Å². The van der Waals surface area contributed by atoms with Crippen molar-refractivity contribution >= 4 is 40.1 Å². The van der Waals surface area contributed by atoms with Crippen molar-refractivity contribution < 1.29 is 22.3 Å². The maximum Gasteiger partial charge on any atom is 0.573 e. The van der Waals surface area contributed by atoms with Gasteiger partial charge in [0.2, 0.25) is 5.95 Å². The molecule has 13 heteroatoms. The number of rotatable bonds is 4. The van der Waals surface area contributed by atoms with Crippen LogP contribution in [0, 0.1) is 5.82 Å². The molecule has 0 radical (unpaired) electrons. The van der Waals surface area contributed by atoms with Crippen LogP contribution in [-0.4, -0.2) is 51.5 Å². The van der Waals surface area contributed by atoms with E-state index in [1.54, 1.807) is 6.20 Å². The molecule has 3 aromatic rings. The smallest absolute Gasteiger partial charge is 0.404 e. The van der Waals surface area contributed by atoms with Gasteiger partial charge in [-0.15, -0.1) is 13.2 Å². The number of nitrogens with zero attached hydrogens (tertiary/aromatic N) is 5. The normalized spacial score (nSPS) is 20.5. The first-order chi connectivity index (χ1) is 14.8. The van der Waals surface area contributed by atoms with Crippen LogP contribution in [-0.2, 0) is 0 Å². The van der Waals surface area contributed by atoms with Gasteiger partial charge in [-0.05, 0) is 18.6 Å². The van der Waals surface area contributed by atoms with Crippen LogP contribution in [0.2, 0.25) is 5.02 Å². The van der Waals surface area contributed by atoms with Gasteiger partial charge in [-0.1, -0.05) is 11.6 Å². The summed E-state index contributed by atoms with van der Waals surface area (Å²) in [6.45, 7) is 1.62. The summed E-state index contributed by atoms with van der Waals surface area (Å²) in [7, 11) is 0. The third kappa shape index (κ3) is 3.76. The highest BCUT2D eigenvalue weighted by Crippen LogP contribution is 2.37. The summed E-state index contributed by atoms with van der Waals surface area (Å²) < 4.78 is 55.7. The van der Waals surface area contributed by atoms with E-state index < -0.39 is 23.0 Å². The summed E-state index contributed by atoms with van der Waals surface area (Å²) in [4.78, 5) is 19.3. The lowest BCUT2D eigenvalue weighted by atomic mass is 10.2. The van der Waals surface area contributed by atoms with Crippen LogP contribution in [0.25, 0.3) is 11.0 Å². The summed E-state index contributed by atoms with van der Waals surface area (Å²) in [6.07, 6.45) is -1.19. The fraction of sp³-hybridized carbons (Fsp3) is 0.333. The number of piperazine rings is 1. The Morgan fingerprint density at radius 3 is 2.77 bits per heavy atom. The molecular weight excluding hydrogens is 442 g/mol. The van der Waals surface area contributed by atoms with Gasteiger partial charge >= 0.3 is 6.36 Å². The van der Waals surface area contributed by atoms with Crippen LogP contribution in [0.5, 0.6) is 5.75 Å². The Bertz CT molecular complexity index is 1160. The zero-order valence-corrected chi connectivity index (χ0v) is 16.4. The van der Waals surface area contributed by atoms with Crippen molar-refractivity contribution in [3.63, 3.8) is 0 Å². The minimum absolute atomic E-state index is 0.163. The van der Waals surface area contributed by atoms with E-state index in [4.69, 9.17) is 11.6 Å². The number of fused-ring (bicyclic) bond motifs is 3. The third-order valence-corrected chi connectivity index (χ3v) is 5.56. The van der Waals surface area contributed by atoms with Crippen molar-refractivity contribution in [3.8, 4) is 5.75 Å². The number of nitrogens with one attached hydrogen (secondary N) is 2. The number of hydrogen-bond donors (Lipinski definition) is 2. The van der Waals surface area contributed by atoms with Gasteiger partial charge in [-0.25, -0.2) is 24.3 Å². The van der Waals surface area contributed by atoms with Gasteiger partial charge in [-0.2, -0.15) is 0 Å². The highest BCUT2D eigenvalue weighted by atomic mass is 35.5. The van der Waals surface area contributed by atoms with Crippen molar-refractivity contribution in [3.05, 3.63) is 35.5 Å². The van der Waals surface area contributed by atoms with Crippen LogP contribution in [0.15, 0.2) is 24.7 Å². The second kappa shape index (κ2) is 7.31. The Balaban J connectivity index is 1.48. The Hall–Kier alpha value is -2.99. The van der Waals surface area contributed by atoms with Crippen LogP contribution in [0.4, 0.5) is 35.0 Å². The zero-order chi connectivity index (χ0) is 21.8. The molecule has 4 heterocycles. The van der Waals surface area contributed by atoms with Crippen molar-refractivity contribution in [1.82, 2.24) is 25.3 Å². The molecule has 2 aromatic heterocycles. The average molecular weight is 456 g/mol. The van der Waals surface area contributed by atoms with Crippen LogP contribution >= 0.6 is 11.6 Å². The SMILES string of the molecule is Fc1c(Nc2ncnc3cnc(N4C[C@@H]5C[C@H]4CN5)nc23)ccc(OC(F)(F)F)c1Cl. The number of hydrogen-bond acceptors (Lipinski definition) is 8. The summed E-state index contributed by atoms with van der Waals surface area (Å²) in [5, 5.41) is 5.32. The fourth-order valence-electron chi connectivity index (χ4n) is 3.84. The second-order valence-corrected chi connectivity index (χ2v) is 7.56. The molecule has 1 aromatic carbocycles. The predicted octanol–water partition coefficient (Wildman–Crippen LogP) is 3.41. The number of benzene rings is 1. The molecular formula is C18H14ClF4N7O. The van der Waals surface area contributed by atoms with Crippen molar-refractivity contribution in [1.29, 1.82) is 0 Å². The van der Waals surface area contributed by atoms with E-state index >= 15 is 0 Å². The molecule has 2 bridgehead atoms. The molecule has 8 nitrogen and oxygen atoms in total. The zero-order valence-electron chi connectivity index (χ0n) is 15.6. The quantitative estimate of drug-likeness (QED) is 0.579. The molecule has 0 amide bonds. The van der Waals surface area contributed by atoms with Gasteiger partial charge in [0, 0.05) is 25.2 Å². The second-order valence-electron chi connectivity index (χ2n) is 7.19. The lowest BCUT2D eigenvalue weighted by molar-refractivity contribution is -0.274. The van der Waals surface area contributed by atoms with Gasteiger partial charge < -0.3 is 20.3 Å². The van der Waals surface area contributed by atoms with Crippen molar-refractivity contribution in [2.24, 2.45) is 0 Å². The first-order valence-electron chi connectivity index (χ1n) is 9.27. The van der Waals surface area contributed by atoms with E-state index in [1.165, 1.54) is 6.33 Å². The van der Waals surface area contributed by atoms with Crippen LogP contribution in [0.3, 0.4) is 0 Å². The number of aromatic nitrogens is 4. The maximum atomic E-state index is 14.6. The minimum atomic E-state index is -4.99. The first-order valence-corrected chi connectivity index (χ1v) is 9.65. The Labute approximate surface area is 177 Å². The van der Waals surface area contributed by atoms with Gasteiger partial charge in [0.25, 0.3) is 0 Å². The molecule has 2 fully saturated rings. The van der Waals surface area contributed by atoms with Gasteiger partial charge in [0.15, 0.2) is 17.4 Å². The monoisotopic (exact) mass is 455 g/mol. The molecule has 0 spiro atoms. The molecule has 2 atom stereocenters. The van der Waals surface area contributed by atoms with E-state index in [9.17, 15) is 17.6 Å². The van der Waals surface area contributed by atoms with Crippen molar-refractivity contribution in [2.75, 3.05) is 23.3 Å². The summed E-state index contributed by atoms with van der Waals surface area (Å²) in [5.74, 6) is -1.29. The van der Waals surface area contributed by atoms with E-state index in [0.29, 0.717) is 29.1 Å². The molecule has 0 saturated carbocycles. The van der Waals surface area contributed by atoms with E-state index in [-0.39, 0.29) is 11.5 Å². The van der Waals surface area contributed by atoms with E-state index in [1.807, 2.05) is 0 Å². The number of halogens is 5. The molecule has 162 valence electrons. The Morgan fingerprint density at radius 1 is 1.23 bits per heavy atom. The Morgan fingerprint density at radius 2 is 2.06 bits per heavy atom. The predicted molar refractivity (Wildman–Crippen MR) is 104 cm³/mol. The summed E-state index contributed by atoms with van der Waals surface area (Å²) in [5.41, 5.74) is 0.575. The van der Waals surface area contributed by atoms with E-state index in [0.717, 1.165) is 31.6 Å². The average Bonchev–Trinajstić information content (AvgIpc) is 3.36. The highest BCUT2D eigenvalue weighted by Gasteiger charge is 2.39. The van der Waals surface area contributed by atoms with Crippen molar-refractivity contribution in [2.45, 2.75) is 24.9 Å². The number of ether oxygens (including phenoxy) is 1. The number of alkyl halides is 3. The van der Waals surface area contributed by atoms with Crippen LogP contribution in [0.1, 0.15) is 6.42 Å². The Kier molecular flexibility index (Phi) is 4.70. The lowest BCUT2D eigenvalue weighted by Gasteiger charge is -2.27. The topological polar surface area (TPSA) is 88.1 Å². The molecule has 2 aliphatic rings.